The molecular formula is C15H21N5O2. The van der Waals surface area contributed by atoms with Crippen molar-refractivity contribution < 1.29 is 9.59 Å². The van der Waals surface area contributed by atoms with E-state index in [2.05, 4.69) is 10.3 Å². The fraction of sp³-hybridized carbons (Fsp3) is 0.533. The van der Waals surface area contributed by atoms with E-state index in [0.717, 1.165) is 25.9 Å². The fourth-order valence-electron chi connectivity index (χ4n) is 3.11. The number of nitrogens with two attached hydrogens (primary N) is 1. The first-order valence-electron chi connectivity index (χ1n) is 7.69. The van der Waals surface area contributed by atoms with Crippen LogP contribution in [0.15, 0.2) is 18.3 Å². The van der Waals surface area contributed by atoms with Crippen LogP contribution >= 0.6 is 0 Å². The average molecular weight is 303 g/mol. The zero-order chi connectivity index (χ0) is 15.5. The Morgan fingerprint density at radius 2 is 2.05 bits per heavy atom. The number of pyridine rings is 1. The van der Waals surface area contributed by atoms with Crippen molar-refractivity contribution in [3.63, 3.8) is 0 Å². The lowest BCUT2D eigenvalue weighted by atomic mass is 10.1. The van der Waals surface area contributed by atoms with Crippen LogP contribution in [0.5, 0.6) is 0 Å². The Morgan fingerprint density at radius 1 is 1.27 bits per heavy atom. The summed E-state index contributed by atoms with van der Waals surface area (Å²) in [7, 11) is 0. The number of carbonyl (C=O) groups is 2. The molecule has 22 heavy (non-hydrogen) atoms. The minimum Gasteiger partial charge on any atom is -0.365 e. The molecule has 1 unspecified atom stereocenters. The SMILES string of the molecule is NC(=O)c1cccnc1N1CCNC(C(=O)N2CCCC2)C1. The van der Waals surface area contributed by atoms with E-state index < -0.39 is 5.91 Å². The molecule has 0 aromatic carbocycles. The van der Waals surface area contributed by atoms with E-state index in [1.54, 1.807) is 18.3 Å². The fourth-order valence-corrected chi connectivity index (χ4v) is 3.11. The lowest BCUT2D eigenvalue weighted by molar-refractivity contribution is -0.132. The maximum Gasteiger partial charge on any atom is 0.252 e. The number of amides is 2. The summed E-state index contributed by atoms with van der Waals surface area (Å²) in [6, 6.07) is 3.11. The van der Waals surface area contributed by atoms with E-state index in [0.29, 0.717) is 31.0 Å². The minimum atomic E-state index is -0.496. The van der Waals surface area contributed by atoms with E-state index in [9.17, 15) is 9.59 Å². The molecule has 2 aliphatic rings. The molecule has 2 saturated heterocycles. The van der Waals surface area contributed by atoms with Crippen molar-refractivity contribution in [1.29, 1.82) is 0 Å². The molecule has 2 aliphatic heterocycles. The number of rotatable bonds is 3. The van der Waals surface area contributed by atoms with Crippen LogP contribution in [0, 0.1) is 0 Å². The molecule has 1 aromatic heterocycles. The second-order valence-corrected chi connectivity index (χ2v) is 5.72. The van der Waals surface area contributed by atoms with E-state index in [4.69, 9.17) is 5.73 Å². The van der Waals surface area contributed by atoms with Gasteiger partial charge in [0.05, 0.1) is 5.56 Å². The number of anilines is 1. The van der Waals surface area contributed by atoms with Gasteiger partial charge in [0.1, 0.15) is 11.9 Å². The number of carbonyl (C=O) groups excluding carboxylic acids is 2. The van der Waals surface area contributed by atoms with Gasteiger partial charge in [-0.25, -0.2) is 4.98 Å². The first-order chi connectivity index (χ1) is 10.7. The first kappa shape index (κ1) is 14.8. The average Bonchev–Trinajstić information content (AvgIpc) is 3.08. The predicted octanol–water partition coefficient (Wildman–Crippen LogP) is -0.419. The molecule has 0 bridgehead atoms. The third-order valence-electron chi connectivity index (χ3n) is 4.24. The molecule has 1 atom stereocenters. The standard InChI is InChI=1S/C15H21N5O2/c16-13(21)11-4-3-5-18-14(11)20-9-6-17-12(10-20)15(22)19-7-1-2-8-19/h3-5,12,17H,1-2,6-10H2,(H2,16,21). The van der Waals surface area contributed by atoms with Crippen LogP contribution in [0.4, 0.5) is 5.82 Å². The van der Waals surface area contributed by atoms with Gasteiger partial charge in [0.15, 0.2) is 0 Å². The van der Waals surface area contributed by atoms with Crippen LogP contribution in [-0.4, -0.2) is 60.5 Å². The lowest BCUT2D eigenvalue weighted by Crippen LogP contribution is -2.58. The van der Waals surface area contributed by atoms with Gasteiger partial charge < -0.3 is 20.9 Å². The van der Waals surface area contributed by atoms with Gasteiger partial charge in [-0.3, -0.25) is 9.59 Å². The van der Waals surface area contributed by atoms with E-state index in [1.807, 2.05) is 9.80 Å². The summed E-state index contributed by atoms with van der Waals surface area (Å²) < 4.78 is 0. The Bertz CT molecular complexity index is 571. The van der Waals surface area contributed by atoms with Crippen molar-refractivity contribution in [3.8, 4) is 0 Å². The number of aromatic nitrogens is 1. The lowest BCUT2D eigenvalue weighted by Gasteiger charge is -2.35. The highest BCUT2D eigenvalue weighted by molar-refractivity contribution is 5.97. The van der Waals surface area contributed by atoms with Gasteiger partial charge in [-0.15, -0.1) is 0 Å². The van der Waals surface area contributed by atoms with E-state index >= 15 is 0 Å². The maximum absolute atomic E-state index is 12.5. The van der Waals surface area contributed by atoms with Crippen molar-refractivity contribution in [1.82, 2.24) is 15.2 Å². The monoisotopic (exact) mass is 303 g/mol. The van der Waals surface area contributed by atoms with Crippen molar-refractivity contribution >= 4 is 17.6 Å². The molecule has 3 heterocycles. The van der Waals surface area contributed by atoms with E-state index in [1.165, 1.54) is 0 Å². The molecule has 118 valence electrons. The Labute approximate surface area is 129 Å². The quantitative estimate of drug-likeness (QED) is 0.791. The Morgan fingerprint density at radius 3 is 2.77 bits per heavy atom. The number of nitrogens with one attached hydrogen (secondary N) is 1. The van der Waals surface area contributed by atoms with Gasteiger partial charge in [0, 0.05) is 38.9 Å². The molecule has 0 spiro atoms. The number of piperazine rings is 1. The highest BCUT2D eigenvalue weighted by Gasteiger charge is 2.31. The Kier molecular flexibility index (Phi) is 4.24. The van der Waals surface area contributed by atoms with Crippen molar-refractivity contribution in [2.45, 2.75) is 18.9 Å². The smallest absolute Gasteiger partial charge is 0.252 e. The molecule has 0 radical (unpaired) electrons. The molecule has 3 rings (SSSR count). The third-order valence-corrected chi connectivity index (χ3v) is 4.24. The van der Waals surface area contributed by atoms with Crippen LogP contribution in [-0.2, 0) is 4.79 Å². The number of nitrogens with zero attached hydrogens (tertiary/aromatic N) is 3. The largest absolute Gasteiger partial charge is 0.365 e. The second-order valence-electron chi connectivity index (χ2n) is 5.72. The zero-order valence-corrected chi connectivity index (χ0v) is 12.5. The topological polar surface area (TPSA) is 91.6 Å². The summed E-state index contributed by atoms with van der Waals surface area (Å²) in [5.41, 5.74) is 5.82. The molecule has 2 amide bonds. The summed E-state index contributed by atoms with van der Waals surface area (Å²) in [6.07, 6.45) is 3.80. The summed E-state index contributed by atoms with van der Waals surface area (Å²) in [6.45, 7) is 3.56. The highest BCUT2D eigenvalue weighted by Crippen LogP contribution is 2.19. The highest BCUT2D eigenvalue weighted by atomic mass is 16.2. The van der Waals surface area contributed by atoms with Gasteiger partial charge in [-0.1, -0.05) is 0 Å². The van der Waals surface area contributed by atoms with Gasteiger partial charge in [-0.05, 0) is 25.0 Å². The Balaban J connectivity index is 1.75. The number of hydrogen-bond acceptors (Lipinski definition) is 5. The molecule has 2 fully saturated rings. The van der Waals surface area contributed by atoms with Crippen LogP contribution in [0.2, 0.25) is 0 Å². The normalized spacial score (nSPS) is 21.9. The first-order valence-corrected chi connectivity index (χ1v) is 7.69. The molecule has 0 saturated carbocycles. The molecular weight excluding hydrogens is 282 g/mol. The summed E-state index contributed by atoms with van der Waals surface area (Å²) in [4.78, 5) is 32.2. The van der Waals surface area contributed by atoms with Crippen LogP contribution in [0.1, 0.15) is 23.2 Å². The molecule has 7 heteroatoms. The maximum atomic E-state index is 12.5. The summed E-state index contributed by atoms with van der Waals surface area (Å²) in [5.74, 6) is 0.207. The minimum absolute atomic E-state index is 0.138. The van der Waals surface area contributed by atoms with Gasteiger partial charge in [-0.2, -0.15) is 0 Å². The van der Waals surface area contributed by atoms with Gasteiger partial charge in [0.25, 0.3) is 5.91 Å². The van der Waals surface area contributed by atoms with Crippen LogP contribution in [0.3, 0.4) is 0 Å². The van der Waals surface area contributed by atoms with E-state index in [-0.39, 0.29) is 11.9 Å². The van der Waals surface area contributed by atoms with Crippen LogP contribution < -0.4 is 16.0 Å². The number of likely N-dealkylation sites (tertiary alicyclic amines) is 1. The van der Waals surface area contributed by atoms with Crippen LogP contribution in [0.25, 0.3) is 0 Å². The number of primary amides is 1. The summed E-state index contributed by atoms with van der Waals surface area (Å²) >= 11 is 0. The Hall–Kier alpha value is -2.15. The number of hydrogen-bond donors (Lipinski definition) is 2. The molecule has 7 nitrogen and oxygen atoms in total. The van der Waals surface area contributed by atoms with Gasteiger partial charge in [0.2, 0.25) is 5.91 Å². The molecule has 1 aromatic rings. The molecule has 0 aliphatic carbocycles. The second kappa shape index (κ2) is 6.31. The molecule has 3 N–H and O–H groups in total. The predicted molar refractivity (Wildman–Crippen MR) is 82.6 cm³/mol. The van der Waals surface area contributed by atoms with Gasteiger partial charge >= 0.3 is 0 Å². The third kappa shape index (κ3) is 2.89. The zero-order valence-electron chi connectivity index (χ0n) is 12.5. The van der Waals surface area contributed by atoms with Crippen molar-refractivity contribution in [3.05, 3.63) is 23.9 Å². The van der Waals surface area contributed by atoms with Crippen molar-refractivity contribution in [2.24, 2.45) is 5.73 Å². The van der Waals surface area contributed by atoms with Crippen molar-refractivity contribution in [2.75, 3.05) is 37.6 Å². The summed E-state index contributed by atoms with van der Waals surface area (Å²) in [5, 5.41) is 3.27.